The molecule has 2 rings (SSSR count). The van der Waals surface area contributed by atoms with E-state index in [-0.39, 0.29) is 6.61 Å². The van der Waals surface area contributed by atoms with Gasteiger partial charge in [-0.2, -0.15) is 4.98 Å². The maximum Gasteiger partial charge on any atom is 0.295 e. The number of rotatable bonds is 6. The van der Waals surface area contributed by atoms with Crippen molar-refractivity contribution in [1.82, 2.24) is 4.98 Å². The van der Waals surface area contributed by atoms with Gasteiger partial charge in [0.25, 0.3) is 12.4 Å². The fourth-order valence-electron chi connectivity index (χ4n) is 1.42. The molecule has 2 aromatic rings. The summed E-state index contributed by atoms with van der Waals surface area (Å²) in [4.78, 5) is 4.15. The quantitative estimate of drug-likeness (QED) is 0.612. The topological polar surface area (TPSA) is 73.3 Å². The third-order valence-electron chi connectivity index (χ3n) is 2.18. The van der Waals surface area contributed by atoms with E-state index >= 15 is 0 Å². The van der Waals surface area contributed by atoms with Gasteiger partial charge in [0.1, 0.15) is 12.1 Å². The highest BCUT2D eigenvalue weighted by Gasteiger charge is 2.05. The zero-order chi connectivity index (χ0) is 13.0. The average Bonchev–Trinajstić information content (AvgIpc) is 2.70. The molecule has 3 N–H and O–H groups in total. The summed E-state index contributed by atoms with van der Waals surface area (Å²) in [6.45, 7) is -0.0635. The van der Waals surface area contributed by atoms with Crippen LogP contribution < -0.4 is 11.1 Å². The Morgan fingerprint density at radius 1 is 1.44 bits per heavy atom. The molecule has 0 unspecified atom stereocenters. The Balaban J connectivity index is 1.84. The molecule has 1 aromatic heterocycles. The Bertz CT molecular complexity index is 516. The first-order valence-corrected chi connectivity index (χ1v) is 5.41. The molecular weight excluding hydrogens is 244 g/mol. The Labute approximate surface area is 102 Å². The van der Waals surface area contributed by atoms with E-state index in [4.69, 9.17) is 14.9 Å². The van der Waals surface area contributed by atoms with Gasteiger partial charge in [0.05, 0.1) is 6.61 Å². The van der Waals surface area contributed by atoms with Gasteiger partial charge in [-0.3, -0.25) is 0 Å². The predicted octanol–water partition coefficient (Wildman–Crippen LogP) is 2.10. The lowest BCUT2D eigenvalue weighted by Crippen LogP contribution is -2.13. The molecular formula is C11H13F2N3O2. The SMILES string of the molecule is Nc1ccc2nc(NCCOCC(F)F)oc2c1. The number of benzene rings is 1. The lowest BCUT2D eigenvalue weighted by molar-refractivity contribution is 0.0214. The highest BCUT2D eigenvalue weighted by molar-refractivity contribution is 5.77. The minimum Gasteiger partial charge on any atom is -0.423 e. The van der Waals surface area contributed by atoms with E-state index in [9.17, 15) is 8.78 Å². The molecule has 0 aliphatic rings. The van der Waals surface area contributed by atoms with Crippen molar-refractivity contribution in [3.63, 3.8) is 0 Å². The van der Waals surface area contributed by atoms with Crippen molar-refractivity contribution >= 4 is 22.8 Å². The lowest BCUT2D eigenvalue weighted by Gasteiger charge is -2.03. The Hall–Kier alpha value is -1.89. The summed E-state index contributed by atoms with van der Waals surface area (Å²) in [6, 6.07) is 5.45. The fraction of sp³-hybridized carbons (Fsp3) is 0.364. The maximum atomic E-state index is 11.8. The molecule has 0 saturated heterocycles. The van der Waals surface area contributed by atoms with Gasteiger partial charge in [0.2, 0.25) is 0 Å². The van der Waals surface area contributed by atoms with E-state index in [1.165, 1.54) is 0 Å². The molecule has 0 saturated carbocycles. The van der Waals surface area contributed by atoms with E-state index in [0.717, 1.165) is 0 Å². The first-order chi connectivity index (χ1) is 8.65. The summed E-state index contributed by atoms with van der Waals surface area (Å²) in [7, 11) is 0. The number of alkyl halides is 2. The molecule has 7 heteroatoms. The number of aromatic nitrogens is 1. The summed E-state index contributed by atoms with van der Waals surface area (Å²) >= 11 is 0. The number of oxazole rings is 1. The largest absolute Gasteiger partial charge is 0.423 e. The van der Waals surface area contributed by atoms with Crippen LogP contribution in [0.3, 0.4) is 0 Å². The normalized spacial score (nSPS) is 11.3. The smallest absolute Gasteiger partial charge is 0.295 e. The van der Waals surface area contributed by atoms with Crippen molar-refractivity contribution in [3.8, 4) is 0 Å². The van der Waals surface area contributed by atoms with Gasteiger partial charge in [-0.25, -0.2) is 8.78 Å². The number of anilines is 2. The van der Waals surface area contributed by atoms with E-state index in [1.54, 1.807) is 18.2 Å². The standard InChI is InChI=1S/C11H13F2N3O2/c12-10(13)6-17-4-3-15-11-16-8-2-1-7(14)5-9(8)18-11/h1-2,5,10H,3-4,6,14H2,(H,15,16). The highest BCUT2D eigenvalue weighted by Crippen LogP contribution is 2.20. The molecule has 0 fully saturated rings. The summed E-state index contributed by atoms with van der Waals surface area (Å²) in [5.41, 5.74) is 7.45. The average molecular weight is 257 g/mol. The van der Waals surface area contributed by atoms with Gasteiger partial charge in [-0.05, 0) is 12.1 Å². The van der Waals surface area contributed by atoms with Crippen molar-refractivity contribution in [1.29, 1.82) is 0 Å². The molecule has 0 aliphatic heterocycles. The van der Waals surface area contributed by atoms with Crippen LogP contribution in [-0.2, 0) is 4.74 Å². The first-order valence-electron chi connectivity index (χ1n) is 5.41. The van der Waals surface area contributed by atoms with Crippen LogP contribution in [0, 0.1) is 0 Å². The second-order valence-corrected chi connectivity index (χ2v) is 3.64. The molecule has 1 heterocycles. The molecule has 1 aromatic carbocycles. The van der Waals surface area contributed by atoms with E-state index in [0.29, 0.717) is 29.3 Å². The van der Waals surface area contributed by atoms with Crippen molar-refractivity contribution in [2.24, 2.45) is 0 Å². The minimum atomic E-state index is -2.45. The zero-order valence-electron chi connectivity index (χ0n) is 9.53. The number of fused-ring (bicyclic) bond motifs is 1. The minimum absolute atomic E-state index is 0.158. The number of nitrogen functional groups attached to an aromatic ring is 1. The van der Waals surface area contributed by atoms with Gasteiger partial charge >= 0.3 is 0 Å². The lowest BCUT2D eigenvalue weighted by atomic mass is 10.3. The second-order valence-electron chi connectivity index (χ2n) is 3.64. The number of nitrogens with two attached hydrogens (primary N) is 1. The number of ether oxygens (including phenoxy) is 1. The summed E-state index contributed by atoms with van der Waals surface area (Å²) in [6.07, 6.45) is -2.45. The van der Waals surface area contributed by atoms with E-state index in [2.05, 4.69) is 10.3 Å². The number of nitrogens with one attached hydrogen (secondary N) is 1. The number of halogens is 2. The molecule has 98 valence electrons. The highest BCUT2D eigenvalue weighted by atomic mass is 19.3. The van der Waals surface area contributed by atoms with E-state index < -0.39 is 13.0 Å². The Kier molecular flexibility index (Phi) is 3.93. The van der Waals surface area contributed by atoms with Gasteiger partial charge in [-0.1, -0.05) is 0 Å². The van der Waals surface area contributed by atoms with Gasteiger partial charge in [-0.15, -0.1) is 0 Å². The third kappa shape index (κ3) is 3.30. The zero-order valence-corrected chi connectivity index (χ0v) is 9.53. The van der Waals surface area contributed by atoms with Gasteiger partial charge in [0, 0.05) is 18.3 Å². The second kappa shape index (κ2) is 5.63. The Morgan fingerprint density at radius 2 is 2.28 bits per heavy atom. The van der Waals surface area contributed by atoms with Crippen LogP contribution in [0.4, 0.5) is 20.5 Å². The molecule has 18 heavy (non-hydrogen) atoms. The number of nitrogens with zero attached hydrogens (tertiary/aromatic N) is 1. The van der Waals surface area contributed by atoms with E-state index in [1.807, 2.05) is 0 Å². The molecule has 0 bridgehead atoms. The summed E-state index contributed by atoms with van der Waals surface area (Å²) in [5, 5.41) is 2.84. The molecule has 0 radical (unpaired) electrons. The Morgan fingerprint density at radius 3 is 3.06 bits per heavy atom. The molecule has 5 nitrogen and oxygen atoms in total. The van der Waals surface area contributed by atoms with Crippen LogP contribution in [0.15, 0.2) is 22.6 Å². The first kappa shape index (κ1) is 12.6. The van der Waals surface area contributed by atoms with Crippen LogP contribution in [0.5, 0.6) is 0 Å². The number of hydrogen-bond acceptors (Lipinski definition) is 5. The predicted molar refractivity (Wildman–Crippen MR) is 63.7 cm³/mol. The van der Waals surface area contributed by atoms with Crippen molar-refractivity contribution in [2.45, 2.75) is 6.43 Å². The molecule has 0 spiro atoms. The van der Waals surface area contributed by atoms with Crippen LogP contribution in [0.1, 0.15) is 0 Å². The van der Waals surface area contributed by atoms with Gasteiger partial charge in [0.15, 0.2) is 5.58 Å². The maximum absolute atomic E-state index is 11.8. The third-order valence-corrected chi connectivity index (χ3v) is 2.18. The van der Waals surface area contributed by atoms with Crippen molar-refractivity contribution in [3.05, 3.63) is 18.2 Å². The van der Waals surface area contributed by atoms with Crippen LogP contribution >= 0.6 is 0 Å². The van der Waals surface area contributed by atoms with Crippen LogP contribution in [0.2, 0.25) is 0 Å². The van der Waals surface area contributed by atoms with Gasteiger partial charge < -0.3 is 20.2 Å². The fourth-order valence-corrected chi connectivity index (χ4v) is 1.42. The molecule has 0 amide bonds. The van der Waals surface area contributed by atoms with Crippen LogP contribution in [0.25, 0.3) is 11.1 Å². The number of hydrogen-bond donors (Lipinski definition) is 2. The molecule has 0 atom stereocenters. The van der Waals surface area contributed by atoms with Crippen molar-refractivity contribution < 1.29 is 17.9 Å². The van der Waals surface area contributed by atoms with Crippen LogP contribution in [-0.4, -0.2) is 31.2 Å². The molecule has 0 aliphatic carbocycles. The summed E-state index contributed by atoms with van der Waals surface area (Å²) in [5.74, 6) is 0. The summed E-state index contributed by atoms with van der Waals surface area (Å²) < 4.78 is 33.6. The monoisotopic (exact) mass is 257 g/mol. The van der Waals surface area contributed by atoms with Crippen molar-refractivity contribution in [2.75, 3.05) is 30.8 Å².